The predicted octanol–water partition coefficient (Wildman–Crippen LogP) is 2.30. The topological polar surface area (TPSA) is 17.4 Å². The van der Waals surface area contributed by atoms with Crippen LogP contribution >= 0.6 is 50.5 Å². The SMILES string of the molecule is SC#[N+][Si]([N+]#CS)([N+]#CS)[N+]#CS. The molecular formula is C4H4N4S4Si+4. The fourth-order valence-corrected chi connectivity index (χ4v) is 2.86. The Hall–Kier alpha value is -0.423. The third-order valence-electron chi connectivity index (χ3n) is 0.800. The van der Waals surface area contributed by atoms with Crippen molar-refractivity contribution in [2.75, 3.05) is 0 Å². The molecule has 0 bridgehead atoms. The lowest BCUT2D eigenvalue weighted by atomic mass is 11.8. The van der Waals surface area contributed by atoms with Crippen molar-refractivity contribution in [1.29, 1.82) is 0 Å². The molecule has 0 aliphatic carbocycles. The number of hydrogen-bond donors (Lipinski definition) is 4. The first-order valence-electron chi connectivity index (χ1n) is 2.68. The second-order valence-corrected chi connectivity index (χ2v) is 4.34. The predicted molar refractivity (Wildman–Crippen MR) is 70.7 cm³/mol. The van der Waals surface area contributed by atoms with Crippen molar-refractivity contribution in [1.82, 2.24) is 0 Å². The summed E-state index contributed by atoms with van der Waals surface area (Å²) in [6.07, 6.45) is 0. The fraction of sp³-hybridized carbons (Fsp3) is 0. The normalized spacial score (nSPS) is 7.08. The van der Waals surface area contributed by atoms with E-state index >= 15 is 0 Å². The third-order valence-corrected chi connectivity index (χ3v) is 3.60. The van der Waals surface area contributed by atoms with E-state index in [1.165, 1.54) is 0 Å². The van der Waals surface area contributed by atoms with E-state index in [0.717, 1.165) is 0 Å². The van der Waals surface area contributed by atoms with Gasteiger partial charge in [-0.05, 0) is 50.5 Å². The van der Waals surface area contributed by atoms with Crippen molar-refractivity contribution in [2.24, 2.45) is 0 Å². The molecule has 13 heavy (non-hydrogen) atoms. The first-order chi connectivity index (χ1) is 6.24. The molecule has 64 valence electrons. The summed E-state index contributed by atoms with van der Waals surface area (Å²) >= 11 is 14.7. The number of hydrogen-bond acceptors (Lipinski definition) is 4. The van der Waals surface area contributed by atoms with Gasteiger partial charge in [-0.2, -0.15) is 0 Å². The minimum atomic E-state index is -3.05. The Labute approximate surface area is 98.6 Å². The van der Waals surface area contributed by atoms with Gasteiger partial charge in [0.15, 0.2) is 0 Å². The van der Waals surface area contributed by atoms with Crippen molar-refractivity contribution in [3.8, 4) is 21.6 Å². The maximum absolute atomic E-state index is 3.74. The van der Waals surface area contributed by atoms with Crippen LogP contribution in [0.25, 0.3) is 18.0 Å². The molecule has 0 unspecified atom stereocenters. The number of thiol groups is 4. The molecule has 0 saturated heterocycles. The Morgan fingerprint density at radius 3 is 1.00 bits per heavy atom. The molecule has 4 nitrogen and oxygen atoms in total. The lowest BCUT2D eigenvalue weighted by Crippen LogP contribution is -2.15. The molecular weight excluding hydrogens is 260 g/mol. The van der Waals surface area contributed by atoms with Gasteiger partial charge in [0, 0.05) is 0 Å². The number of rotatable bonds is 0. The molecule has 0 radical (unpaired) electrons. The van der Waals surface area contributed by atoms with Gasteiger partial charge in [-0.1, -0.05) is 0 Å². The van der Waals surface area contributed by atoms with Gasteiger partial charge in [0.2, 0.25) is 0 Å². The largest absolute Gasteiger partial charge is 1.89 e. The van der Waals surface area contributed by atoms with Gasteiger partial charge in [0.1, 0.15) is 0 Å². The summed E-state index contributed by atoms with van der Waals surface area (Å²) < 4.78 is 15.0. The summed E-state index contributed by atoms with van der Waals surface area (Å²) in [5, 5.41) is 8.96. The maximum atomic E-state index is 3.74. The molecule has 0 aliphatic rings. The van der Waals surface area contributed by atoms with E-state index in [1.54, 1.807) is 0 Å². The van der Waals surface area contributed by atoms with Gasteiger partial charge in [0.25, 0.3) is 0 Å². The van der Waals surface area contributed by atoms with Crippen molar-refractivity contribution in [3.05, 3.63) is 18.0 Å². The molecule has 0 amide bonds. The quantitative estimate of drug-likeness (QED) is 0.292. The molecule has 0 aliphatic heterocycles. The van der Waals surface area contributed by atoms with Crippen molar-refractivity contribution >= 4 is 59.2 Å². The number of thiocyanates is 4. The van der Waals surface area contributed by atoms with Crippen LogP contribution in [0, 0.1) is 21.6 Å². The minimum absolute atomic E-state index is 2.24. The number of nitrogens with zero attached hydrogens (tertiary/aromatic N) is 4. The highest BCUT2D eigenvalue weighted by Crippen LogP contribution is 2.13. The smallest absolute Gasteiger partial charge is 0.0138 e. The van der Waals surface area contributed by atoms with Gasteiger partial charge in [-0.15, -0.1) is 0 Å². The molecule has 0 aromatic rings. The van der Waals surface area contributed by atoms with Crippen LogP contribution in [-0.2, 0) is 0 Å². The van der Waals surface area contributed by atoms with Crippen LogP contribution < -0.4 is 0 Å². The zero-order valence-electron chi connectivity index (χ0n) is 6.08. The van der Waals surface area contributed by atoms with Gasteiger partial charge >= 0.3 is 30.3 Å². The summed E-state index contributed by atoms with van der Waals surface area (Å²) in [5.74, 6) is 0. The highest BCUT2D eigenvalue weighted by atomic mass is 32.1. The Bertz CT molecular complexity index is 332. The van der Waals surface area contributed by atoms with E-state index in [-0.39, 0.29) is 0 Å². The Morgan fingerprint density at radius 2 is 0.846 bits per heavy atom. The first-order valence-corrected chi connectivity index (χ1v) is 6.26. The summed E-state index contributed by atoms with van der Waals surface area (Å²) in [6.45, 7) is 0. The molecule has 0 atom stereocenters. The summed E-state index contributed by atoms with van der Waals surface area (Å²) in [4.78, 5) is 0. The summed E-state index contributed by atoms with van der Waals surface area (Å²) in [7, 11) is -3.05. The summed E-state index contributed by atoms with van der Waals surface area (Å²) in [6, 6.07) is 0. The summed E-state index contributed by atoms with van der Waals surface area (Å²) in [5.41, 5.74) is 0. The monoisotopic (exact) mass is 264 g/mol. The Morgan fingerprint density at radius 1 is 0.615 bits per heavy atom. The van der Waals surface area contributed by atoms with Crippen LogP contribution in [0.2, 0.25) is 0 Å². The van der Waals surface area contributed by atoms with E-state index in [0.29, 0.717) is 0 Å². The molecule has 0 aromatic heterocycles. The molecule has 0 rings (SSSR count). The molecule has 0 heterocycles. The second kappa shape index (κ2) is 7.03. The Kier molecular flexibility index (Phi) is 6.80. The molecule has 0 saturated carbocycles. The lowest BCUT2D eigenvalue weighted by molar-refractivity contribution is 2.07. The maximum Gasteiger partial charge on any atom is 1.89 e. The zero-order valence-corrected chi connectivity index (χ0v) is 10.7. The van der Waals surface area contributed by atoms with Crippen LogP contribution in [0.1, 0.15) is 0 Å². The van der Waals surface area contributed by atoms with Gasteiger partial charge < -0.3 is 0 Å². The average molecular weight is 264 g/mol. The third kappa shape index (κ3) is 4.38. The molecule has 0 aromatic carbocycles. The molecule has 9 heteroatoms. The van der Waals surface area contributed by atoms with Crippen LogP contribution in [0.4, 0.5) is 0 Å². The first kappa shape index (κ1) is 12.6. The van der Waals surface area contributed by atoms with E-state index in [4.69, 9.17) is 0 Å². The molecule has 0 N–H and O–H groups in total. The molecule has 0 spiro atoms. The van der Waals surface area contributed by atoms with Gasteiger partial charge in [-0.25, -0.2) is 0 Å². The van der Waals surface area contributed by atoms with E-state index in [1.807, 2.05) is 0 Å². The van der Waals surface area contributed by atoms with E-state index in [9.17, 15) is 0 Å². The van der Waals surface area contributed by atoms with Crippen molar-refractivity contribution in [2.45, 2.75) is 0 Å². The van der Waals surface area contributed by atoms with E-state index in [2.05, 4.69) is 90.2 Å². The van der Waals surface area contributed by atoms with Crippen LogP contribution in [0.15, 0.2) is 0 Å². The minimum Gasteiger partial charge on any atom is -0.0138 e. The van der Waals surface area contributed by atoms with Gasteiger partial charge in [-0.3, -0.25) is 0 Å². The lowest BCUT2D eigenvalue weighted by Gasteiger charge is -1.43. The van der Waals surface area contributed by atoms with Crippen LogP contribution in [0.5, 0.6) is 0 Å². The zero-order chi connectivity index (χ0) is 10.2. The second-order valence-electron chi connectivity index (χ2n) is 1.45. The van der Waals surface area contributed by atoms with E-state index < -0.39 is 8.72 Å². The standard InChI is InChI=1S/C4N4S4Si/c9-1-5-13(6-2-10,7-3-11)8-4-12/p+4. The highest BCUT2D eigenvalue weighted by Gasteiger charge is 3.22. The molecule has 0 fully saturated rings. The van der Waals surface area contributed by atoms with Crippen LogP contribution in [-0.4, -0.2) is 8.72 Å². The van der Waals surface area contributed by atoms with Crippen molar-refractivity contribution < 1.29 is 0 Å². The Balaban J connectivity index is 5.39. The average Bonchev–Trinajstić information content (AvgIpc) is 2.06. The van der Waals surface area contributed by atoms with Crippen molar-refractivity contribution in [3.63, 3.8) is 0 Å². The van der Waals surface area contributed by atoms with Gasteiger partial charge in [0.05, 0.1) is 18.0 Å². The van der Waals surface area contributed by atoms with Crippen LogP contribution in [0.3, 0.4) is 0 Å². The highest BCUT2D eigenvalue weighted by molar-refractivity contribution is 7.86. The fourth-order valence-electron chi connectivity index (χ4n) is 0.418.